The van der Waals surface area contributed by atoms with Gasteiger partial charge >= 0.3 is 5.97 Å². The van der Waals surface area contributed by atoms with Gasteiger partial charge in [-0.15, -0.1) is 0 Å². The number of Topliss-reactive ketones (excluding diaryl/α,β-unsaturated/α-hetero) is 1. The fraction of sp³-hybridized carbons (Fsp3) is 0.158. The van der Waals surface area contributed by atoms with Crippen LogP contribution in [-0.4, -0.2) is 17.4 Å². The minimum absolute atomic E-state index is 0.117. The third kappa shape index (κ3) is 1.82. The Balaban J connectivity index is 1.96. The summed E-state index contributed by atoms with van der Waals surface area (Å²) in [5, 5.41) is 0. The zero-order chi connectivity index (χ0) is 15.2. The molecule has 4 rings (SSSR count). The molecule has 1 fully saturated rings. The molecule has 108 valence electrons. The van der Waals surface area contributed by atoms with Gasteiger partial charge in [0.15, 0.2) is 5.60 Å². The smallest absolute Gasteiger partial charge is 0.307 e. The van der Waals surface area contributed by atoms with Crippen LogP contribution in [0.15, 0.2) is 60.7 Å². The lowest BCUT2D eigenvalue weighted by Crippen LogP contribution is -2.39. The molecule has 0 radical (unpaired) electrons. The summed E-state index contributed by atoms with van der Waals surface area (Å²) in [6.07, 6.45) is 2.53. The van der Waals surface area contributed by atoms with Gasteiger partial charge in [-0.3, -0.25) is 9.59 Å². The van der Waals surface area contributed by atoms with E-state index in [0.717, 1.165) is 16.7 Å². The highest BCUT2D eigenvalue weighted by atomic mass is 16.6. The molecule has 1 heterocycles. The van der Waals surface area contributed by atoms with Gasteiger partial charge in [0, 0.05) is 12.0 Å². The molecule has 2 aromatic carbocycles. The molecule has 0 amide bonds. The Hall–Kier alpha value is -2.68. The Morgan fingerprint density at radius 3 is 2.23 bits per heavy atom. The van der Waals surface area contributed by atoms with Gasteiger partial charge in [0.05, 0.1) is 6.42 Å². The van der Waals surface area contributed by atoms with Crippen molar-refractivity contribution in [1.82, 2.24) is 0 Å². The third-order valence-electron chi connectivity index (χ3n) is 4.30. The number of carbonyl (C=O) groups excluding carboxylic acids is 2. The molecule has 1 saturated heterocycles. The van der Waals surface area contributed by atoms with Gasteiger partial charge < -0.3 is 4.74 Å². The number of fused-ring (bicyclic) bond motifs is 1. The SMILES string of the molecule is O=C1CCC2(C=C(c3ccccc3)c3ccccc3C2=O)O1. The lowest BCUT2D eigenvalue weighted by Gasteiger charge is -2.30. The van der Waals surface area contributed by atoms with E-state index in [1.54, 1.807) is 0 Å². The molecule has 0 aromatic heterocycles. The van der Waals surface area contributed by atoms with E-state index < -0.39 is 5.60 Å². The number of hydrogen-bond acceptors (Lipinski definition) is 3. The molecule has 1 unspecified atom stereocenters. The first kappa shape index (κ1) is 13.0. The summed E-state index contributed by atoms with van der Waals surface area (Å²) < 4.78 is 5.45. The fourth-order valence-electron chi connectivity index (χ4n) is 3.23. The third-order valence-corrected chi connectivity index (χ3v) is 4.30. The summed E-state index contributed by atoms with van der Waals surface area (Å²) in [5.74, 6) is -0.426. The Kier molecular flexibility index (Phi) is 2.76. The summed E-state index contributed by atoms with van der Waals surface area (Å²) in [4.78, 5) is 24.5. The number of hydrogen-bond donors (Lipinski definition) is 0. The normalized spacial score (nSPS) is 23.2. The molecule has 0 saturated carbocycles. The monoisotopic (exact) mass is 290 g/mol. The van der Waals surface area contributed by atoms with Crippen LogP contribution in [0.2, 0.25) is 0 Å². The maximum Gasteiger partial charge on any atom is 0.307 e. The predicted molar refractivity (Wildman–Crippen MR) is 82.4 cm³/mol. The Bertz CT molecular complexity index is 804. The summed E-state index contributed by atoms with van der Waals surface area (Å²) in [7, 11) is 0. The quantitative estimate of drug-likeness (QED) is 0.756. The minimum atomic E-state index is -1.13. The molecule has 0 bridgehead atoms. The molecule has 3 nitrogen and oxygen atoms in total. The predicted octanol–water partition coefficient (Wildman–Crippen LogP) is 3.39. The molecule has 1 aliphatic carbocycles. The zero-order valence-electron chi connectivity index (χ0n) is 11.9. The molecule has 1 atom stereocenters. The van der Waals surface area contributed by atoms with Gasteiger partial charge in [0.25, 0.3) is 0 Å². The Morgan fingerprint density at radius 1 is 0.864 bits per heavy atom. The molecule has 0 N–H and O–H groups in total. The van der Waals surface area contributed by atoms with E-state index in [-0.39, 0.29) is 18.2 Å². The van der Waals surface area contributed by atoms with Crippen LogP contribution in [0.4, 0.5) is 0 Å². The van der Waals surface area contributed by atoms with E-state index >= 15 is 0 Å². The second kappa shape index (κ2) is 4.67. The van der Waals surface area contributed by atoms with Gasteiger partial charge in [-0.25, -0.2) is 0 Å². The zero-order valence-corrected chi connectivity index (χ0v) is 11.9. The van der Waals surface area contributed by atoms with E-state index in [9.17, 15) is 9.59 Å². The molecular formula is C19H14O3. The van der Waals surface area contributed by atoms with Crippen LogP contribution in [0.3, 0.4) is 0 Å². The van der Waals surface area contributed by atoms with Crippen molar-refractivity contribution in [2.45, 2.75) is 18.4 Å². The van der Waals surface area contributed by atoms with Crippen LogP contribution in [-0.2, 0) is 9.53 Å². The summed E-state index contributed by atoms with van der Waals surface area (Å²) in [5.41, 5.74) is 2.36. The first-order chi connectivity index (χ1) is 10.7. The highest BCUT2D eigenvalue weighted by molar-refractivity contribution is 6.13. The Labute approximate surface area is 128 Å². The van der Waals surface area contributed by atoms with Crippen molar-refractivity contribution in [3.05, 3.63) is 77.4 Å². The molecule has 22 heavy (non-hydrogen) atoms. The highest BCUT2D eigenvalue weighted by Gasteiger charge is 2.48. The molecule has 2 aromatic rings. The summed E-state index contributed by atoms with van der Waals surface area (Å²) >= 11 is 0. The number of rotatable bonds is 1. The summed E-state index contributed by atoms with van der Waals surface area (Å²) in [6.45, 7) is 0. The van der Waals surface area contributed by atoms with Gasteiger partial charge in [-0.1, -0.05) is 54.6 Å². The molecular weight excluding hydrogens is 276 g/mol. The summed E-state index contributed by atoms with van der Waals surface area (Å²) in [6, 6.07) is 17.4. The molecule has 3 heteroatoms. The van der Waals surface area contributed by atoms with Gasteiger partial charge in [0.1, 0.15) is 0 Å². The number of esters is 1. The topological polar surface area (TPSA) is 43.4 Å². The van der Waals surface area contributed by atoms with E-state index in [1.165, 1.54) is 0 Å². The number of benzene rings is 2. The van der Waals surface area contributed by atoms with Gasteiger partial charge in [-0.05, 0) is 22.8 Å². The average Bonchev–Trinajstić information content (AvgIpc) is 2.94. The van der Waals surface area contributed by atoms with Crippen LogP contribution >= 0.6 is 0 Å². The second-order valence-corrected chi connectivity index (χ2v) is 5.66. The largest absolute Gasteiger partial charge is 0.446 e. The number of ether oxygens (including phenoxy) is 1. The number of ketones is 1. The first-order valence-corrected chi connectivity index (χ1v) is 7.34. The van der Waals surface area contributed by atoms with Gasteiger partial charge in [0.2, 0.25) is 5.78 Å². The van der Waals surface area contributed by atoms with E-state index in [0.29, 0.717) is 12.0 Å². The average molecular weight is 290 g/mol. The van der Waals surface area contributed by atoms with Crippen LogP contribution in [0.5, 0.6) is 0 Å². The van der Waals surface area contributed by atoms with Crippen molar-refractivity contribution < 1.29 is 14.3 Å². The lowest BCUT2D eigenvalue weighted by molar-refractivity contribution is -0.143. The van der Waals surface area contributed by atoms with Crippen molar-refractivity contribution in [2.75, 3.05) is 0 Å². The van der Waals surface area contributed by atoms with Gasteiger partial charge in [-0.2, -0.15) is 0 Å². The van der Waals surface area contributed by atoms with Crippen molar-refractivity contribution in [2.24, 2.45) is 0 Å². The fourth-order valence-corrected chi connectivity index (χ4v) is 3.23. The lowest BCUT2D eigenvalue weighted by atomic mass is 9.77. The van der Waals surface area contributed by atoms with E-state index in [2.05, 4.69) is 0 Å². The number of carbonyl (C=O) groups is 2. The van der Waals surface area contributed by atoms with Crippen LogP contribution in [0.25, 0.3) is 5.57 Å². The van der Waals surface area contributed by atoms with E-state index in [4.69, 9.17) is 4.74 Å². The maximum absolute atomic E-state index is 12.8. The maximum atomic E-state index is 12.8. The standard InChI is InChI=1S/C19H14O3/c20-17-10-11-19(22-17)12-16(13-6-2-1-3-7-13)14-8-4-5-9-15(14)18(19)21/h1-9,12H,10-11H2. The Morgan fingerprint density at radius 2 is 1.55 bits per heavy atom. The van der Waals surface area contributed by atoms with Crippen LogP contribution in [0, 0.1) is 0 Å². The van der Waals surface area contributed by atoms with Crippen molar-refractivity contribution >= 4 is 17.3 Å². The van der Waals surface area contributed by atoms with Crippen molar-refractivity contribution in [3.8, 4) is 0 Å². The van der Waals surface area contributed by atoms with Crippen LogP contribution < -0.4 is 0 Å². The van der Waals surface area contributed by atoms with Crippen molar-refractivity contribution in [3.63, 3.8) is 0 Å². The minimum Gasteiger partial charge on any atom is -0.446 e. The molecule has 2 aliphatic rings. The second-order valence-electron chi connectivity index (χ2n) is 5.66. The first-order valence-electron chi connectivity index (χ1n) is 7.34. The molecule has 1 aliphatic heterocycles. The van der Waals surface area contributed by atoms with E-state index in [1.807, 2.05) is 60.7 Å². The van der Waals surface area contributed by atoms with Crippen LogP contribution in [0.1, 0.15) is 34.3 Å². The van der Waals surface area contributed by atoms with Crippen molar-refractivity contribution in [1.29, 1.82) is 0 Å². The highest BCUT2D eigenvalue weighted by Crippen LogP contribution is 2.42. The molecule has 1 spiro atoms.